The van der Waals surface area contributed by atoms with Crippen LogP contribution in [0.25, 0.3) is 16.8 Å². The Morgan fingerprint density at radius 2 is 1.83 bits per heavy atom. The van der Waals surface area contributed by atoms with Gasteiger partial charge in [0.25, 0.3) is 5.56 Å². The average Bonchev–Trinajstić information content (AvgIpc) is 3.18. The second-order valence-corrected chi connectivity index (χ2v) is 9.62. The maximum Gasteiger partial charge on any atom is 0.338 e. The molecule has 1 unspecified atom stereocenters. The zero-order valence-electron chi connectivity index (χ0n) is 20.6. The van der Waals surface area contributed by atoms with Gasteiger partial charge in [0, 0.05) is 5.56 Å². The highest BCUT2D eigenvalue weighted by atomic mass is 32.1. The molecule has 0 aliphatic carbocycles. The monoisotopic (exact) mass is 498 g/mol. The van der Waals surface area contributed by atoms with E-state index in [4.69, 9.17) is 9.47 Å². The molecule has 1 aliphatic rings. The van der Waals surface area contributed by atoms with Gasteiger partial charge in [0.15, 0.2) is 4.80 Å². The van der Waals surface area contributed by atoms with Crippen LogP contribution in [0, 0.1) is 6.92 Å². The molecule has 0 saturated carbocycles. The molecule has 2 heterocycles. The van der Waals surface area contributed by atoms with Crippen LogP contribution in [-0.4, -0.2) is 24.3 Å². The summed E-state index contributed by atoms with van der Waals surface area (Å²) < 4.78 is 13.4. The Labute approximate surface area is 212 Å². The molecule has 1 aromatic heterocycles. The number of aryl methyl sites for hydroxylation is 1. The van der Waals surface area contributed by atoms with Gasteiger partial charge in [-0.3, -0.25) is 9.36 Å². The molecule has 1 aliphatic heterocycles. The Hall–Kier alpha value is -3.97. The lowest BCUT2D eigenvalue weighted by molar-refractivity contribution is -0.139. The Bertz CT molecular complexity index is 1690. The molecule has 0 amide bonds. The summed E-state index contributed by atoms with van der Waals surface area (Å²) in [5, 5.41) is 1.87. The van der Waals surface area contributed by atoms with E-state index in [2.05, 4.69) is 4.99 Å². The van der Waals surface area contributed by atoms with Gasteiger partial charge in [-0.05, 0) is 49.2 Å². The van der Waals surface area contributed by atoms with Crippen LogP contribution >= 0.6 is 11.3 Å². The van der Waals surface area contributed by atoms with Crippen LogP contribution in [0.2, 0.25) is 0 Å². The second-order valence-electron chi connectivity index (χ2n) is 8.62. The van der Waals surface area contributed by atoms with Crippen LogP contribution < -0.4 is 19.6 Å². The van der Waals surface area contributed by atoms with E-state index in [1.54, 1.807) is 25.5 Å². The van der Waals surface area contributed by atoms with E-state index in [0.29, 0.717) is 26.4 Å². The average molecular weight is 499 g/mol. The Morgan fingerprint density at radius 1 is 1.08 bits per heavy atom. The predicted molar refractivity (Wildman–Crippen MR) is 142 cm³/mol. The number of hydrogen-bond acceptors (Lipinski definition) is 6. The lowest BCUT2D eigenvalue weighted by Gasteiger charge is -2.27. The summed E-state index contributed by atoms with van der Waals surface area (Å²) in [5.74, 6) is 0.0925. The van der Waals surface area contributed by atoms with Crippen molar-refractivity contribution in [3.63, 3.8) is 0 Å². The van der Waals surface area contributed by atoms with Crippen LogP contribution in [0.3, 0.4) is 0 Å². The van der Waals surface area contributed by atoms with Crippen molar-refractivity contribution in [2.24, 2.45) is 4.99 Å². The minimum atomic E-state index is -0.749. The summed E-state index contributed by atoms with van der Waals surface area (Å²) >= 11 is 1.31. The van der Waals surface area contributed by atoms with E-state index in [1.165, 1.54) is 11.3 Å². The number of ether oxygens (including phenoxy) is 2. The third-order valence-corrected chi connectivity index (χ3v) is 7.30. The Kier molecular flexibility index (Phi) is 6.33. The van der Waals surface area contributed by atoms with E-state index in [1.807, 2.05) is 73.7 Å². The molecule has 1 atom stereocenters. The first-order chi connectivity index (χ1) is 17.4. The fraction of sp³-hybridized carbons (Fsp3) is 0.207. The van der Waals surface area contributed by atoms with Crippen molar-refractivity contribution in [2.75, 3.05) is 13.7 Å². The fourth-order valence-electron chi connectivity index (χ4n) is 4.61. The predicted octanol–water partition coefficient (Wildman–Crippen LogP) is 4.27. The highest BCUT2D eigenvalue weighted by Crippen LogP contribution is 2.40. The van der Waals surface area contributed by atoms with Crippen LogP contribution in [-0.2, 0) is 9.53 Å². The molecule has 0 bridgehead atoms. The molecule has 0 N–H and O–H groups in total. The second kappa shape index (κ2) is 9.59. The molecule has 3 aromatic carbocycles. The van der Waals surface area contributed by atoms with E-state index in [9.17, 15) is 9.59 Å². The zero-order chi connectivity index (χ0) is 25.4. The largest absolute Gasteiger partial charge is 0.496 e. The van der Waals surface area contributed by atoms with Crippen LogP contribution in [0.15, 0.2) is 81.7 Å². The highest BCUT2D eigenvalue weighted by molar-refractivity contribution is 7.07. The van der Waals surface area contributed by atoms with E-state index >= 15 is 0 Å². The van der Waals surface area contributed by atoms with E-state index in [0.717, 1.165) is 27.5 Å². The summed E-state index contributed by atoms with van der Waals surface area (Å²) in [5.41, 5.74) is 3.44. The van der Waals surface area contributed by atoms with Gasteiger partial charge in [0.2, 0.25) is 0 Å². The smallest absolute Gasteiger partial charge is 0.338 e. The number of carbonyl (C=O) groups excluding carboxylic acids is 1. The van der Waals surface area contributed by atoms with Gasteiger partial charge in [0.05, 0.1) is 29.5 Å². The molecule has 0 radical (unpaired) electrons. The zero-order valence-corrected chi connectivity index (χ0v) is 21.4. The normalized spacial score (nSPS) is 15.6. The van der Waals surface area contributed by atoms with Gasteiger partial charge in [-0.1, -0.05) is 71.5 Å². The molecule has 0 fully saturated rings. The van der Waals surface area contributed by atoms with Crippen molar-refractivity contribution in [3.05, 3.63) is 108 Å². The van der Waals surface area contributed by atoms with E-state index in [-0.39, 0.29) is 12.2 Å². The van der Waals surface area contributed by atoms with Crippen LogP contribution in [0.4, 0.5) is 0 Å². The summed E-state index contributed by atoms with van der Waals surface area (Å²) in [4.78, 5) is 32.4. The summed E-state index contributed by atoms with van der Waals surface area (Å²) in [7, 11) is 1.59. The van der Waals surface area contributed by atoms with Crippen molar-refractivity contribution in [1.29, 1.82) is 0 Å². The molecule has 4 aromatic rings. The summed E-state index contributed by atoms with van der Waals surface area (Å²) in [6, 6.07) is 18.9. The molecular formula is C29H26N2O4S. The molecule has 7 heteroatoms. The van der Waals surface area contributed by atoms with Crippen molar-refractivity contribution in [2.45, 2.75) is 26.8 Å². The van der Waals surface area contributed by atoms with Gasteiger partial charge in [-0.25, -0.2) is 9.79 Å². The van der Waals surface area contributed by atoms with Crippen LogP contribution in [0.5, 0.6) is 5.75 Å². The van der Waals surface area contributed by atoms with Crippen molar-refractivity contribution in [3.8, 4) is 5.75 Å². The van der Waals surface area contributed by atoms with Gasteiger partial charge in [-0.15, -0.1) is 0 Å². The molecule has 5 rings (SSSR count). The SMILES string of the molecule is CCOC(=O)C1=C(C)N=c2sc(=Cc3ccc(C)cc3)c(=O)n2C1c1c(OC)ccc2ccccc12. The quantitative estimate of drug-likeness (QED) is 0.386. The number of carbonyl (C=O) groups is 1. The first kappa shape index (κ1) is 23.8. The number of benzene rings is 3. The van der Waals surface area contributed by atoms with Crippen LogP contribution in [0.1, 0.15) is 36.6 Å². The van der Waals surface area contributed by atoms with Gasteiger partial charge < -0.3 is 9.47 Å². The molecule has 6 nitrogen and oxygen atoms in total. The topological polar surface area (TPSA) is 69.9 Å². The third-order valence-electron chi connectivity index (χ3n) is 6.32. The summed E-state index contributed by atoms with van der Waals surface area (Å²) in [6.45, 7) is 5.79. The molecule has 0 saturated heterocycles. The number of rotatable bonds is 5. The number of nitrogens with zero attached hydrogens (tertiary/aromatic N) is 2. The third kappa shape index (κ3) is 4.05. The minimum Gasteiger partial charge on any atom is -0.496 e. The Balaban J connectivity index is 1.84. The fourth-order valence-corrected chi connectivity index (χ4v) is 5.66. The number of allylic oxidation sites excluding steroid dienone is 1. The number of fused-ring (bicyclic) bond motifs is 2. The molecular weight excluding hydrogens is 472 g/mol. The first-order valence-electron chi connectivity index (χ1n) is 11.7. The Morgan fingerprint density at radius 3 is 2.56 bits per heavy atom. The van der Waals surface area contributed by atoms with Crippen molar-refractivity contribution >= 4 is 34.2 Å². The molecule has 182 valence electrons. The van der Waals surface area contributed by atoms with Gasteiger partial charge in [-0.2, -0.15) is 0 Å². The number of aromatic nitrogens is 1. The highest BCUT2D eigenvalue weighted by Gasteiger charge is 2.36. The number of methoxy groups -OCH3 is 1. The van der Waals surface area contributed by atoms with Crippen molar-refractivity contribution < 1.29 is 14.3 Å². The molecule has 0 spiro atoms. The first-order valence-corrected chi connectivity index (χ1v) is 12.6. The number of thiazole rings is 1. The maximum absolute atomic E-state index is 13.9. The van der Waals surface area contributed by atoms with Gasteiger partial charge >= 0.3 is 5.97 Å². The standard InChI is InChI=1S/C29H26N2O4S/c1-5-35-28(33)24-18(3)30-29-31(27(32)23(36-29)16-19-12-10-17(2)11-13-19)26(24)25-21-9-7-6-8-20(21)14-15-22(25)34-4/h6-16,26H,5H2,1-4H3. The molecule has 36 heavy (non-hydrogen) atoms. The van der Waals surface area contributed by atoms with E-state index < -0.39 is 12.0 Å². The van der Waals surface area contributed by atoms with Crippen molar-refractivity contribution in [1.82, 2.24) is 4.57 Å². The minimum absolute atomic E-state index is 0.214. The number of hydrogen-bond donors (Lipinski definition) is 0. The lowest BCUT2D eigenvalue weighted by atomic mass is 9.90. The lowest BCUT2D eigenvalue weighted by Crippen LogP contribution is -2.40. The maximum atomic E-state index is 13.9. The number of esters is 1. The van der Waals surface area contributed by atoms with Gasteiger partial charge in [0.1, 0.15) is 11.8 Å². The summed E-state index contributed by atoms with van der Waals surface area (Å²) in [6.07, 6.45) is 1.87.